The van der Waals surface area contributed by atoms with E-state index in [2.05, 4.69) is 10.3 Å². The second kappa shape index (κ2) is 7.28. The summed E-state index contributed by atoms with van der Waals surface area (Å²) in [7, 11) is 0. The number of benzene rings is 1. The van der Waals surface area contributed by atoms with Crippen LogP contribution in [0.5, 0.6) is 0 Å². The van der Waals surface area contributed by atoms with Gasteiger partial charge in [-0.05, 0) is 35.0 Å². The topological polar surface area (TPSA) is 83.3 Å². The lowest BCUT2D eigenvalue weighted by Crippen LogP contribution is -2.26. The van der Waals surface area contributed by atoms with Crippen molar-refractivity contribution in [2.75, 3.05) is 23.0 Å². The summed E-state index contributed by atoms with van der Waals surface area (Å²) in [5, 5.41) is 7.49. The molecule has 0 bridgehead atoms. The molecule has 0 saturated carbocycles. The minimum absolute atomic E-state index is 0.0971. The second-order valence-corrected chi connectivity index (χ2v) is 7.94. The zero-order valence-electron chi connectivity index (χ0n) is 14.2. The number of cyclic esters (lactones) is 1. The van der Waals surface area contributed by atoms with Gasteiger partial charge in [0.05, 0.1) is 25.0 Å². The molecule has 1 aromatic heterocycles. The van der Waals surface area contributed by atoms with Gasteiger partial charge in [0.25, 0.3) is 0 Å². The van der Waals surface area contributed by atoms with Crippen LogP contribution in [0, 0.1) is 11.6 Å². The normalized spacial score (nSPS) is 22.7. The maximum absolute atomic E-state index is 14.6. The number of hydrogen-bond acceptors (Lipinski definition) is 5. The van der Waals surface area contributed by atoms with Crippen LogP contribution in [-0.4, -0.2) is 49.8 Å². The molecule has 4 rings (SSSR count). The third-order valence-electron chi connectivity index (χ3n) is 4.51. The van der Waals surface area contributed by atoms with Gasteiger partial charge in [-0.1, -0.05) is 5.21 Å². The van der Waals surface area contributed by atoms with Crippen LogP contribution in [0.3, 0.4) is 0 Å². The molecule has 1 unspecified atom stereocenters. The monoisotopic (exact) mass is 394 g/mol. The molecule has 2 atom stereocenters. The molecule has 0 radical (unpaired) electrons. The van der Waals surface area contributed by atoms with Crippen molar-refractivity contribution < 1.29 is 22.9 Å². The summed E-state index contributed by atoms with van der Waals surface area (Å²) in [5.41, 5.74) is 0.478. The van der Waals surface area contributed by atoms with E-state index in [-0.39, 0.29) is 17.8 Å². The van der Waals surface area contributed by atoms with Gasteiger partial charge in [0.2, 0.25) is 0 Å². The molecule has 142 valence electrons. The molecular weight excluding hydrogens is 378 g/mol. The lowest BCUT2D eigenvalue weighted by Gasteiger charge is -2.19. The van der Waals surface area contributed by atoms with Crippen LogP contribution < -0.4 is 4.90 Å². The van der Waals surface area contributed by atoms with Gasteiger partial charge in [-0.2, -0.15) is 0 Å². The average Bonchev–Trinajstić information content (AvgIpc) is 3.26. The zero-order chi connectivity index (χ0) is 19.0. The summed E-state index contributed by atoms with van der Waals surface area (Å²) in [6, 6.07) is 2.26. The molecule has 1 saturated heterocycles. The average molecular weight is 394 g/mol. The summed E-state index contributed by atoms with van der Waals surface area (Å²) < 4.78 is 47.4. The summed E-state index contributed by atoms with van der Waals surface area (Å²) >= 11 is -0.979. The Morgan fingerprint density at radius 1 is 1.33 bits per heavy atom. The van der Waals surface area contributed by atoms with Gasteiger partial charge >= 0.3 is 6.09 Å². The Bertz CT molecular complexity index is 867. The first kappa shape index (κ1) is 17.9. The molecule has 2 aliphatic heterocycles. The van der Waals surface area contributed by atoms with Crippen molar-refractivity contribution in [3.63, 3.8) is 0 Å². The Morgan fingerprint density at radius 2 is 2.11 bits per heavy atom. The van der Waals surface area contributed by atoms with E-state index in [9.17, 15) is 18.1 Å². The van der Waals surface area contributed by atoms with Crippen molar-refractivity contribution in [3.05, 3.63) is 47.8 Å². The fourth-order valence-corrected chi connectivity index (χ4v) is 4.22. The van der Waals surface area contributed by atoms with E-state index in [0.717, 1.165) is 12.1 Å². The van der Waals surface area contributed by atoms with Crippen molar-refractivity contribution in [1.29, 1.82) is 0 Å². The molecule has 7 nitrogen and oxygen atoms in total. The molecule has 3 heterocycles. The summed E-state index contributed by atoms with van der Waals surface area (Å²) in [5.74, 6) is -0.833. The highest BCUT2D eigenvalue weighted by Gasteiger charge is 2.34. The van der Waals surface area contributed by atoms with Crippen molar-refractivity contribution >= 4 is 28.5 Å². The molecule has 27 heavy (non-hydrogen) atoms. The Morgan fingerprint density at radius 3 is 2.74 bits per heavy atom. The molecular formula is C17H16F2N4O3S. The van der Waals surface area contributed by atoms with Crippen LogP contribution in [0.25, 0.3) is 5.57 Å². The molecule has 1 amide bonds. The third-order valence-corrected chi connectivity index (χ3v) is 5.71. The van der Waals surface area contributed by atoms with Gasteiger partial charge in [-0.3, -0.25) is 4.90 Å². The van der Waals surface area contributed by atoms with Crippen LogP contribution in [0.1, 0.15) is 12.0 Å². The van der Waals surface area contributed by atoms with Gasteiger partial charge in [0.1, 0.15) is 29.2 Å². The van der Waals surface area contributed by atoms with Gasteiger partial charge in [0, 0.05) is 18.2 Å². The lowest BCUT2D eigenvalue weighted by molar-refractivity contribution is 0.129. The predicted molar refractivity (Wildman–Crippen MR) is 94.5 cm³/mol. The van der Waals surface area contributed by atoms with Crippen LogP contribution >= 0.6 is 0 Å². The van der Waals surface area contributed by atoms with Crippen LogP contribution in [0.2, 0.25) is 0 Å². The maximum atomic E-state index is 14.6. The summed E-state index contributed by atoms with van der Waals surface area (Å²) in [6.45, 7) is 0.452. The highest BCUT2D eigenvalue weighted by molar-refractivity contribution is 7.91. The number of carbonyl (C=O) groups excluding carboxylic acids is 1. The van der Waals surface area contributed by atoms with E-state index in [0.29, 0.717) is 30.0 Å². The molecule has 2 aromatic rings. The van der Waals surface area contributed by atoms with Gasteiger partial charge in [-0.25, -0.2) is 18.3 Å². The largest absolute Gasteiger partial charge is 0.616 e. The Labute approximate surface area is 156 Å². The number of anilines is 1. The number of ether oxygens (including phenoxy) is 1. The van der Waals surface area contributed by atoms with Gasteiger partial charge in [0.15, 0.2) is 0 Å². The summed E-state index contributed by atoms with van der Waals surface area (Å²) in [6.07, 6.45) is 3.94. The quantitative estimate of drug-likeness (QED) is 0.742. The minimum atomic E-state index is -0.979. The first-order valence-corrected chi connectivity index (χ1v) is 9.86. The number of amides is 1. The molecule has 0 spiro atoms. The highest BCUT2D eigenvalue weighted by atomic mass is 32.2. The van der Waals surface area contributed by atoms with E-state index < -0.39 is 35.0 Å². The Hall–Kier alpha value is -2.46. The first-order chi connectivity index (χ1) is 13.0. The van der Waals surface area contributed by atoms with Crippen LogP contribution in [0.15, 0.2) is 30.6 Å². The zero-order valence-corrected chi connectivity index (χ0v) is 15.0. The van der Waals surface area contributed by atoms with E-state index in [1.165, 1.54) is 15.8 Å². The number of rotatable bonds is 4. The van der Waals surface area contributed by atoms with Crippen molar-refractivity contribution in [1.82, 2.24) is 15.0 Å². The molecule has 10 heteroatoms. The smallest absolute Gasteiger partial charge is 0.414 e. The van der Waals surface area contributed by atoms with Crippen LogP contribution in [0.4, 0.5) is 19.3 Å². The number of carbonyl (C=O) groups is 1. The summed E-state index contributed by atoms with van der Waals surface area (Å²) in [4.78, 5) is 13.3. The number of aromatic nitrogens is 3. The highest BCUT2D eigenvalue weighted by Crippen LogP contribution is 2.32. The Balaban J connectivity index is 1.55. The maximum Gasteiger partial charge on any atom is 0.414 e. The minimum Gasteiger partial charge on any atom is -0.616 e. The van der Waals surface area contributed by atoms with E-state index in [1.54, 1.807) is 12.3 Å². The fraction of sp³-hybridized carbons (Fsp3) is 0.353. The van der Waals surface area contributed by atoms with E-state index in [4.69, 9.17) is 4.74 Å². The molecule has 1 aromatic carbocycles. The van der Waals surface area contributed by atoms with E-state index >= 15 is 0 Å². The predicted octanol–water partition coefficient (Wildman–Crippen LogP) is 2.12. The molecule has 1 fully saturated rings. The number of halogens is 2. The van der Waals surface area contributed by atoms with Crippen molar-refractivity contribution in [2.45, 2.75) is 19.1 Å². The third kappa shape index (κ3) is 3.67. The SMILES string of the molecule is O=C1O[C@@H](Cn2ccnn2)CN1c1cc(F)c(C2=CC[S+]([O-])CC2)c(F)c1. The number of hydrogen-bond donors (Lipinski definition) is 0. The standard InChI is InChI=1S/C17H16F2N4O3S/c18-14-7-12(8-15(19)16(14)11-1-5-27(25)6-2-11)23-10-13(26-17(23)24)9-22-4-3-20-21-22/h1,3-4,7-8,13H,2,5-6,9-10H2/t13-,27?/m0/s1. The van der Waals surface area contributed by atoms with Crippen molar-refractivity contribution in [2.24, 2.45) is 0 Å². The van der Waals surface area contributed by atoms with Gasteiger partial charge < -0.3 is 9.29 Å². The molecule has 0 N–H and O–H groups in total. The van der Waals surface area contributed by atoms with Gasteiger partial charge in [-0.15, -0.1) is 5.10 Å². The molecule has 2 aliphatic rings. The molecule has 0 aliphatic carbocycles. The van der Waals surface area contributed by atoms with E-state index in [1.807, 2.05) is 0 Å². The fourth-order valence-electron chi connectivity index (χ4n) is 3.22. The van der Waals surface area contributed by atoms with Crippen molar-refractivity contribution in [3.8, 4) is 0 Å². The number of allylic oxidation sites excluding steroid dienone is 1. The first-order valence-electron chi connectivity index (χ1n) is 8.37. The number of nitrogens with zero attached hydrogens (tertiary/aromatic N) is 4. The van der Waals surface area contributed by atoms with Crippen LogP contribution in [-0.2, 0) is 22.5 Å². The lowest BCUT2D eigenvalue weighted by atomic mass is 10.0. The Kier molecular flexibility index (Phi) is 4.83. The second-order valence-electron chi connectivity index (χ2n) is 6.32.